The van der Waals surface area contributed by atoms with Gasteiger partial charge in [0.15, 0.2) is 11.5 Å². The molecule has 2 N–H and O–H groups in total. The maximum atomic E-state index is 12.9. The van der Waals surface area contributed by atoms with Gasteiger partial charge in [-0.05, 0) is 59.2 Å². The van der Waals surface area contributed by atoms with Crippen molar-refractivity contribution in [2.75, 3.05) is 6.79 Å². The number of hydrogen-bond acceptors (Lipinski definition) is 8. The average molecular weight is 448 g/mol. The molecule has 8 nitrogen and oxygen atoms in total. The molecule has 0 radical (unpaired) electrons. The highest BCUT2D eigenvalue weighted by molar-refractivity contribution is 6.14. The molecule has 6 rings (SSSR count). The van der Waals surface area contributed by atoms with Crippen molar-refractivity contribution in [2.24, 2.45) is 5.92 Å². The maximum Gasteiger partial charge on any atom is 0.339 e. The second-order valence-electron chi connectivity index (χ2n) is 8.38. The molecule has 3 aromatic rings. The Balaban J connectivity index is 1.68. The highest BCUT2D eigenvalue weighted by atomic mass is 16.7. The van der Waals surface area contributed by atoms with Crippen LogP contribution in [0.4, 0.5) is 0 Å². The summed E-state index contributed by atoms with van der Waals surface area (Å²) in [6.07, 6.45) is 1.56. The van der Waals surface area contributed by atoms with Gasteiger partial charge in [-0.1, -0.05) is 6.07 Å². The van der Waals surface area contributed by atoms with Gasteiger partial charge in [-0.2, -0.15) is 0 Å². The van der Waals surface area contributed by atoms with Crippen LogP contribution in [0.2, 0.25) is 0 Å². The number of rotatable bonds is 5. The lowest BCUT2D eigenvalue weighted by molar-refractivity contribution is -0.135. The third-order valence-electron chi connectivity index (χ3n) is 6.35. The first-order valence-electron chi connectivity index (χ1n) is 10.7. The SMILES string of the molecule is O=C1OCc2c1c(-c1ccc3c(c1)OCO3)c1cc(CO)c(CO)cc1c2OC(=O)C1CC1. The van der Waals surface area contributed by atoms with Gasteiger partial charge in [-0.3, -0.25) is 4.79 Å². The van der Waals surface area contributed by atoms with Crippen molar-refractivity contribution in [1.29, 1.82) is 0 Å². The van der Waals surface area contributed by atoms with Crippen LogP contribution in [0.1, 0.15) is 39.9 Å². The fraction of sp³-hybridized carbons (Fsp3) is 0.280. The second-order valence-corrected chi connectivity index (χ2v) is 8.38. The van der Waals surface area contributed by atoms with Crippen molar-refractivity contribution in [3.63, 3.8) is 0 Å². The lowest BCUT2D eigenvalue weighted by Gasteiger charge is -2.18. The largest absolute Gasteiger partial charge is 0.457 e. The molecule has 0 amide bonds. The van der Waals surface area contributed by atoms with Crippen LogP contribution in [0.25, 0.3) is 21.9 Å². The summed E-state index contributed by atoms with van der Waals surface area (Å²) in [4.78, 5) is 25.5. The Kier molecular flexibility index (Phi) is 4.53. The molecule has 3 aliphatic rings. The van der Waals surface area contributed by atoms with E-state index in [9.17, 15) is 19.8 Å². The van der Waals surface area contributed by atoms with Gasteiger partial charge in [0, 0.05) is 16.5 Å². The first-order valence-corrected chi connectivity index (χ1v) is 10.7. The summed E-state index contributed by atoms with van der Waals surface area (Å²) < 4.78 is 22.1. The number of cyclic esters (lactones) is 1. The summed E-state index contributed by atoms with van der Waals surface area (Å²) >= 11 is 0. The lowest BCUT2D eigenvalue weighted by Crippen LogP contribution is -2.12. The second kappa shape index (κ2) is 7.47. The van der Waals surface area contributed by atoms with Gasteiger partial charge < -0.3 is 29.2 Å². The predicted molar refractivity (Wildman–Crippen MR) is 115 cm³/mol. The number of esters is 2. The Morgan fingerprint density at radius 2 is 1.67 bits per heavy atom. The van der Waals surface area contributed by atoms with E-state index in [-0.39, 0.29) is 44.3 Å². The summed E-state index contributed by atoms with van der Waals surface area (Å²) in [5, 5.41) is 21.0. The summed E-state index contributed by atoms with van der Waals surface area (Å²) in [5.74, 6) is 0.434. The molecule has 168 valence electrons. The number of fused-ring (bicyclic) bond motifs is 3. The fourth-order valence-corrected chi connectivity index (χ4v) is 4.48. The number of aliphatic hydroxyl groups excluding tert-OH is 2. The minimum atomic E-state index is -0.514. The highest BCUT2D eigenvalue weighted by Gasteiger charge is 2.37. The van der Waals surface area contributed by atoms with Crippen molar-refractivity contribution in [1.82, 2.24) is 0 Å². The van der Waals surface area contributed by atoms with Crippen molar-refractivity contribution in [2.45, 2.75) is 32.7 Å². The molecular weight excluding hydrogens is 428 g/mol. The van der Waals surface area contributed by atoms with E-state index >= 15 is 0 Å². The van der Waals surface area contributed by atoms with Gasteiger partial charge >= 0.3 is 11.9 Å². The first kappa shape index (κ1) is 20.0. The Morgan fingerprint density at radius 1 is 0.939 bits per heavy atom. The lowest BCUT2D eigenvalue weighted by atomic mass is 9.87. The smallest absolute Gasteiger partial charge is 0.339 e. The molecule has 33 heavy (non-hydrogen) atoms. The monoisotopic (exact) mass is 448 g/mol. The molecule has 0 aromatic heterocycles. The van der Waals surface area contributed by atoms with Crippen molar-refractivity contribution >= 4 is 22.7 Å². The van der Waals surface area contributed by atoms with Crippen LogP contribution in [0, 0.1) is 5.92 Å². The fourth-order valence-electron chi connectivity index (χ4n) is 4.48. The number of ether oxygens (including phenoxy) is 4. The molecule has 0 unspecified atom stereocenters. The number of aliphatic hydroxyl groups is 2. The van der Waals surface area contributed by atoms with E-state index in [4.69, 9.17) is 18.9 Å². The maximum absolute atomic E-state index is 12.9. The first-order chi connectivity index (χ1) is 16.1. The van der Waals surface area contributed by atoms with E-state index in [0.29, 0.717) is 55.7 Å². The molecule has 2 aliphatic heterocycles. The molecule has 2 heterocycles. The van der Waals surface area contributed by atoms with Gasteiger partial charge in [-0.15, -0.1) is 0 Å². The summed E-state index contributed by atoms with van der Waals surface area (Å²) in [5.41, 5.74) is 3.12. The topological polar surface area (TPSA) is 112 Å². The van der Waals surface area contributed by atoms with Crippen molar-refractivity contribution in [3.8, 4) is 28.4 Å². The number of carbonyl (C=O) groups excluding carboxylic acids is 2. The zero-order chi connectivity index (χ0) is 22.7. The third-order valence-corrected chi connectivity index (χ3v) is 6.35. The van der Waals surface area contributed by atoms with Crippen molar-refractivity contribution < 1.29 is 38.7 Å². The molecule has 0 bridgehead atoms. The molecule has 0 saturated heterocycles. The molecule has 1 aliphatic carbocycles. The van der Waals surface area contributed by atoms with E-state index in [1.165, 1.54) is 0 Å². The van der Waals surface area contributed by atoms with Crippen molar-refractivity contribution in [3.05, 3.63) is 52.6 Å². The van der Waals surface area contributed by atoms with E-state index in [2.05, 4.69) is 0 Å². The van der Waals surface area contributed by atoms with Crippen LogP contribution in [-0.4, -0.2) is 28.9 Å². The van der Waals surface area contributed by atoms with Crippen LogP contribution < -0.4 is 14.2 Å². The van der Waals surface area contributed by atoms with Gasteiger partial charge in [0.1, 0.15) is 12.4 Å². The Bertz CT molecular complexity index is 1340. The quantitative estimate of drug-likeness (QED) is 0.452. The van der Waals surface area contributed by atoms with Crippen LogP contribution in [0.3, 0.4) is 0 Å². The number of benzene rings is 3. The summed E-state index contributed by atoms with van der Waals surface area (Å²) in [6.45, 7) is -0.506. The standard InChI is InChI=1S/C25H20O8/c26-8-14-5-16-17(6-15(14)9-27)23(33-24(28)12-1-2-12)18-10-30-25(29)22(18)21(16)13-3-4-19-20(7-13)32-11-31-19/h3-7,12,26-27H,1-2,8-11H2. The van der Waals surface area contributed by atoms with E-state index in [1.807, 2.05) is 6.07 Å². The molecule has 8 heteroatoms. The Morgan fingerprint density at radius 3 is 2.39 bits per heavy atom. The number of hydrogen-bond donors (Lipinski definition) is 2. The zero-order valence-corrected chi connectivity index (χ0v) is 17.6. The molecule has 1 fully saturated rings. The predicted octanol–water partition coefficient (Wildman–Crippen LogP) is 3.21. The van der Waals surface area contributed by atoms with Gasteiger partial charge in [0.05, 0.1) is 24.7 Å². The Labute approximate surface area is 188 Å². The van der Waals surface area contributed by atoms with Gasteiger partial charge in [0.25, 0.3) is 0 Å². The normalized spacial score (nSPS) is 16.1. The Hall–Kier alpha value is -3.62. The van der Waals surface area contributed by atoms with Crippen LogP contribution in [-0.2, 0) is 29.4 Å². The van der Waals surface area contributed by atoms with E-state index < -0.39 is 5.97 Å². The van der Waals surface area contributed by atoms with E-state index in [1.54, 1.807) is 24.3 Å². The summed E-state index contributed by atoms with van der Waals surface area (Å²) in [7, 11) is 0. The minimum absolute atomic E-state index is 0.0227. The molecule has 0 atom stereocenters. The number of carbonyl (C=O) groups is 2. The highest BCUT2D eigenvalue weighted by Crippen LogP contribution is 2.48. The molecular formula is C25H20O8. The van der Waals surface area contributed by atoms with Gasteiger partial charge in [0.2, 0.25) is 6.79 Å². The minimum Gasteiger partial charge on any atom is -0.457 e. The zero-order valence-electron chi connectivity index (χ0n) is 17.6. The van der Waals surface area contributed by atoms with Crippen LogP contribution in [0.15, 0.2) is 30.3 Å². The van der Waals surface area contributed by atoms with Crippen LogP contribution >= 0.6 is 0 Å². The molecule has 3 aromatic carbocycles. The van der Waals surface area contributed by atoms with Crippen LogP contribution in [0.5, 0.6) is 17.2 Å². The average Bonchev–Trinajstić information content (AvgIpc) is 3.47. The third kappa shape index (κ3) is 3.13. The van der Waals surface area contributed by atoms with Gasteiger partial charge in [-0.25, -0.2) is 4.79 Å². The molecule has 1 saturated carbocycles. The summed E-state index contributed by atoms with van der Waals surface area (Å²) in [6, 6.07) is 8.81. The molecule has 0 spiro atoms. The van der Waals surface area contributed by atoms with E-state index in [0.717, 1.165) is 12.8 Å².